The van der Waals surface area contributed by atoms with Crippen LogP contribution < -0.4 is 5.46 Å². The van der Waals surface area contributed by atoms with Crippen LogP contribution >= 0.6 is 63.7 Å². The Morgan fingerprint density at radius 3 is 0.723 bits per heavy atom. The molecule has 101 heavy (non-hydrogen) atoms. The second-order valence-corrected chi connectivity index (χ2v) is 29.2. The van der Waals surface area contributed by atoms with Crippen LogP contribution in [0.25, 0.3) is 164 Å². The minimum Gasteiger partial charge on any atom is -0.423 e. The van der Waals surface area contributed by atoms with Gasteiger partial charge in [-0.05, 0) is 267 Å². The molecular weight excluding hydrogens is 1490 g/mol. The van der Waals surface area contributed by atoms with Crippen LogP contribution in [0, 0.1) is 0 Å². The lowest BCUT2D eigenvalue weighted by molar-refractivity contribution is 0.426. The Hall–Kier alpha value is -10.3. The van der Waals surface area contributed by atoms with Gasteiger partial charge >= 0.3 is 7.12 Å². The molecule has 0 saturated heterocycles. The molecule has 18 aromatic carbocycles. The van der Waals surface area contributed by atoms with Crippen LogP contribution in [0.3, 0.4) is 0 Å². The quantitative estimate of drug-likeness (QED) is 0.141. The molecule has 7 heteroatoms. The molecule has 480 valence electrons. The van der Waals surface area contributed by atoms with E-state index in [1.807, 2.05) is 30.3 Å². The van der Waals surface area contributed by atoms with E-state index in [0.717, 1.165) is 28.7 Å². The SMILES string of the molecule is Brc1ccc(-c2cc(Br)cc3c(-c4ccc(Br)cc4)cc(Br)cc23)cc1.OB(O)c1ccc2ccccc2c1.c1ccc2cc(-c3ccc(-c4cc(-c5ccc6ccccc6c5)cc5c(-c6ccc(-c7ccc8ccccc8c7)cc6)cc(-c6ccc7ccccc7c6)cc45)cc3)ccc2c1. The summed E-state index contributed by atoms with van der Waals surface area (Å²) in [4.78, 5) is 0. The Morgan fingerprint density at radius 1 is 0.168 bits per heavy atom. The molecule has 0 fully saturated rings. The van der Waals surface area contributed by atoms with Crippen LogP contribution in [-0.4, -0.2) is 17.2 Å². The largest absolute Gasteiger partial charge is 0.488 e. The van der Waals surface area contributed by atoms with Crippen LogP contribution in [0.15, 0.2) is 376 Å². The van der Waals surface area contributed by atoms with Crippen molar-refractivity contribution in [3.8, 4) is 89.0 Å². The van der Waals surface area contributed by atoms with Gasteiger partial charge in [0, 0.05) is 17.9 Å². The number of rotatable bonds is 9. The summed E-state index contributed by atoms with van der Waals surface area (Å²) < 4.78 is 4.31. The molecule has 18 rings (SSSR count). The third-order valence-corrected chi connectivity index (χ3v) is 21.1. The summed E-state index contributed by atoms with van der Waals surface area (Å²) in [6, 6.07) is 129. The van der Waals surface area contributed by atoms with Gasteiger partial charge in [-0.2, -0.15) is 0 Å². The van der Waals surface area contributed by atoms with Gasteiger partial charge in [-0.1, -0.05) is 325 Å². The van der Waals surface area contributed by atoms with Crippen LogP contribution in [0.1, 0.15) is 0 Å². The smallest absolute Gasteiger partial charge is 0.423 e. The lowest BCUT2D eigenvalue weighted by Crippen LogP contribution is -2.29. The lowest BCUT2D eigenvalue weighted by atomic mass is 9.79. The first-order valence-corrected chi connectivity index (χ1v) is 36.7. The van der Waals surface area contributed by atoms with Crippen molar-refractivity contribution in [3.63, 3.8) is 0 Å². The maximum absolute atomic E-state index is 8.94. The standard InChI is InChI=1S/C62H40.C22H12Br4.C10H9BO2/c1-5-13-49-33-53(29-21-41(49)9-1)45-17-25-47(26-18-45)59-37-57(55-31-23-43-11-3-7-15-51(43)35-55)40-62-60(38-58(39-61(59)62)56-32-24-44-12-4-8-16-52(44)36-56)48-27-19-46(20-28-48)54-30-22-42-10-2-6-14-50(42)34-54;23-15-5-1-13(2-6-15)19-9-17(25)12-22-20(10-18(26)11-21(19)22)14-3-7-16(24)8-4-14;12-11(13)10-6-5-8-3-1-2-4-9(8)7-10/h1-40H;1-12H;1-7,12-13H. The third-order valence-electron chi connectivity index (χ3n) is 19.2. The molecule has 0 bridgehead atoms. The number of hydrogen-bond donors (Lipinski definition) is 2. The first-order valence-electron chi connectivity index (χ1n) is 33.5. The van der Waals surface area contributed by atoms with Gasteiger partial charge in [0.05, 0.1) is 0 Å². The summed E-state index contributed by atoms with van der Waals surface area (Å²) in [5.41, 5.74) is 19.8. The van der Waals surface area contributed by atoms with Gasteiger partial charge < -0.3 is 10.0 Å². The number of hydrogen-bond acceptors (Lipinski definition) is 2. The summed E-state index contributed by atoms with van der Waals surface area (Å²) in [5, 5.41) is 34.9. The van der Waals surface area contributed by atoms with Gasteiger partial charge in [-0.25, -0.2) is 0 Å². The van der Waals surface area contributed by atoms with Gasteiger partial charge in [-0.3, -0.25) is 0 Å². The monoisotopic (exact) mass is 1550 g/mol. The zero-order valence-electron chi connectivity index (χ0n) is 54.5. The maximum Gasteiger partial charge on any atom is 0.488 e. The zero-order valence-corrected chi connectivity index (χ0v) is 60.9. The first kappa shape index (κ1) is 65.3. The highest BCUT2D eigenvalue weighted by atomic mass is 79.9. The van der Waals surface area contributed by atoms with Crippen molar-refractivity contribution in [2.24, 2.45) is 0 Å². The molecule has 0 aliphatic rings. The van der Waals surface area contributed by atoms with E-state index >= 15 is 0 Å². The minimum absolute atomic E-state index is 0.527. The van der Waals surface area contributed by atoms with E-state index in [4.69, 9.17) is 10.0 Å². The average Bonchev–Trinajstić information content (AvgIpc) is 0.763. The molecule has 0 aromatic heterocycles. The highest BCUT2D eigenvalue weighted by Gasteiger charge is 2.19. The van der Waals surface area contributed by atoms with E-state index in [1.165, 1.54) is 154 Å². The van der Waals surface area contributed by atoms with Crippen LogP contribution in [0.5, 0.6) is 0 Å². The van der Waals surface area contributed by atoms with Crippen molar-refractivity contribution in [2.45, 2.75) is 0 Å². The summed E-state index contributed by atoms with van der Waals surface area (Å²) >= 11 is 14.4. The van der Waals surface area contributed by atoms with Gasteiger partial charge in [0.25, 0.3) is 0 Å². The molecule has 0 amide bonds. The predicted molar refractivity (Wildman–Crippen MR) is 446 cm³/mol. The fourth-order valence-electron chi connectivity index (χ4n) is 13.9. The normalized spacial score (nSPS) is 11.3. The van der Waals surface area contributed by atoms with Crippen molar-refractivity contribution in [1.29, 1.82) is 0 Å². The Balaban J connectivity index is 0.000000165. The number of benzene rings is 18. The van der Waals surface area contributed by atoms with E-state index in [1.54, 1.807) is 12.1 Å². The third kappa shape index (κ3) is 14.0. The lowest BCUT2D eigenvalue weighted by Gasteiger charge is -2.18. The highest BCUT2D eigenvalue weighted by Crippen LogP contribution is 2.45. The van der Waals surface area contributed by atoms with Gasteiger partial charge in [0.15, 0.2) is 0 Å². The predicted octanol–water partition coefficient (Wildman–Crippen LogP) is 27.2. The summed E-state index contributed by atoms with van der Waals surface area (Å²) in [6.07, 6.45) is 0. The molecule has 2 nitrogen and oxygen atoms in total. The molecule has 0 unspecified atom stereocenters. The van der Waals surface area contributed by atoms with Crippen LogP contribution in [-0.2, 0) is 0 Å². The highest BCUT2D eigenvalue weighted by molar-refractivity contribution is 9.11. The molecule has 2 N–H and O–H groups in total. The molecule has 0 aliphatic carbocycles. The fraction of sp³-hybridized carbons (Fsp3) is 0. The Labute approximate surface area is 621 Å². The van der Waals surface area contributed by atoms with E-state index < -0.39 is 7.12 Å². The fourth-order valence-corrected chi connectivity index (χ4v) is 15.4. The first-order chi connectivity index (χ1) is 49.4. The van der Waals surface area contributed by atoms with Crippen molar-refractivity contribution in [1.82, 2.24) is 0 Å². The van der Waals surface area contributed by atoms with E-state index in [9.17, 15) is 0 Å². The van der Waals surface area contributed by atoms with Crippen molar-refractivity contribution in [2.75, 3.05) is 0 Å². The van der Waals surface area contributed by atoms with E-state index in [2.05, 4.69) is 379 Å². The molecule has 0 saturated carbocycles. The maximum atomic E-state index is 8.94. The molecule has 0 aliphatic heterocycles. The average molecular weight is 1550 g/mol. The molecular formula is C94H61BBr4O2. The zero-order chi connectivity index (χ0) is 68.5. The molecule has 0 spiro atoms. The molecule has 0 atom stereocenters. The Kier molecular flexibility index (Phi) is 18.6. The van der Waals surface area contributed by atoms with Gasteiger partial charge in [0.2, 0.25) is 0 Å². The second kappa shape index (κ2) is 28.7. The minimum atomic E-state index is -1.38. The topological polar surface area (TPSA) is 40.5 Å². The van der Waals surface area contributed by atoms with Gasteiger partial charge in [-0.15, -0.1) is 0 Å². The summed E-state index contributed by atoms with van der Waals surface area (Å²) in [5.74, 6) is 0. The van der Waals surface area contributed by atoms with Crippen molar-refractivity contribution < 1.29 is 10.0 Å². The second-order valence-electron chi connectivity index (χ2n) is 25.5. The van der Waals surface area contributed by atoms with Gasteiger partial charge in [0.1, 0.15) is 0 Å². The summed E-state index contributed by atoms with van der Waals surface area (Å²) in [7, 11) is -1.38. The molecule has 0 heterocycles. The Bertz CT molecular complexity index is 5820. The van der Waals surface area contributed by atoms with Crippen LogP contribution in [0.4, 0.5) is 0 Å². The van der Waals surface area contributed by atoms with E-state index in [0.29, 0.717) is 5.46 Å². The van der Waals surface area contributed by atoms with Crippen molar-refractivity contribution in [3.05, 3.63) is 376 Å². The Morgan fingerprint density at radius 2 is 0.406 bits per heavy atom. The molecule has 18 aromatic rings. The van der Waals surface area contributed by atoms with E-state index in [-0.39, 0.29) is 0 Å². The summed E-state index contributed by atoms with van der Waals surface area (Å²) in [6.45, 7) is 0. The van der Waals surface area contributed by atoms with Crippen molar-refractivity contribution >= 4 is 152 Å². The van der Waals surface area contributed by atoms with Crippen LogP contribution in [0.2, 0.25) is 0 Å². The number of halogens is 4. The molecule has 0 radical (unpaired) electrons. The number of fused-ring (bicyclic) bond motifs is 7.